The molecule has 0 fully saturated rings. The number of benzene rings is 1. The average molecular weight is 251 g/mol. The lowest BCUT2D eigenvalue weighted by atomic mass is 10.1. The number of nitrogens with one attached hydrogen (secondary N) is 2. The van der Waals surface area contributed by atoms with Crippen LogP contribution >= 0.6 is 11.6 Å². The zero-order chi connectivity index (χ0) is 12.3. The minimum Gasteiger partial charge on any atom is -0.323 e. The number of halogens is 1. The lowest BCUT2D eigenvalue weighted by molar-refractivity contribution is 0.876. The third-order valence-corrected chi connectivity index (χ3v) is 2.71. The highest BCUT2D eigenvalue weighted by Crippen LogP contribution is 2.10. The Balaban J connectivity index is 2.07. The molecule has 2 N–H and O–H groups in total. The minimum atomic E-state index is -0.625. The topological polar surface area (TPSA) is 65.7 Å². The van der Waals surface area contributed by atoms with Crippen LogP contribution in [-0.4, -0.2) is 9.97 Å². The van der Waals surface area contributed by atoms with Crippen molar-refractivity contribution in [3.8, 4) is 0 Å². The molecule has 0 amide bonds. The van der Waals surface area contributed by atoms with E-state index in [2.05, 4.69) is 9.97 Å². The van der Waals surface area contributed by atoms with Crippen molar-refractivity contribution in [1.29, 1.82) is 0 Å². The summed E-state index contributed by atoms with van der Waals surface area (Å²) >= 11 is 5.78. The van der Waals surface area contributed by atoms with E-state index >= 15 is 0 Å². The van der Waals surface area contributed by atoms with Gasteiger partial charge in [0.1, 0.15) is 0 Å². The molecule has 0 aliphatic rings. The number of H-pyrrole nitrogens is 2. The lowest BCUT2D eigenvalue weighted by Gasteiger charge is -2.01. The van der Waals surface area contributed by atoms with E-state index in [0.29, 0.717) is 17.1 Å². The molecule has 17 heavy (non-hydrogen) atoms. The SMILES string of the molecule is O=c1[nH]cc(CCc2ccc(Cl)cc2)[nH]c1=O. The number of aromatic amines is 2. The van der Waals surface area contributed by atoms with Crippen molar-refractivity contribution in [3.05, 3.63) is 67.4 Å². The second kappa shape index (κ2) is 5.01. The van der Waals surface area contributed by atoms with E-state index in [9.17, 15) is 9.59 Å². The molecule has 0 saturated carbocycles. The fraction of sp³-hybridized carbons (Fsp3) is 0.167. The monoisotopic (exact) mass is 250 g/mol. The Labute approximate surface area is 102 Å². The van der Waals surface area contributed by atoms with Gasteiger partial charge in [0.15, 0.2) is 0 Å². The Morgan fingerprint density at radius 1 is 1.00 bits per heavy atom. The Morgan fingerprint density at radius 2 is 1.71 bits per heavy atom. The molecule has 1 aromatic heterocycles. The number of hydrogen-bond donors (Lipinski definition) is 2. The van der Waals surface area contributed by atoms with Crippen LogP contribution in [0.25, 0.3) is 0 Å². The number of aryl methyl sites for hydroxylation is 2. The van der Waals surface area contributed by atoms with Crippen molar-refractivity contribution >= 4 is 11.6 Å². The molecule has 0 saturated heterocycles. The number of rotatable bonds is 3. The number of aromatic nitrogens is 2. The summed E-state index contributed by atoms with van der Waals surface area (Å²) in [5, 5.41) is 0.700. The van der Waals surface area contributed by atoms with Gasteiger partial charge in [0.2, 0.25) is 0 Å². The number of hydrogen-bond acceptors (Lipinski definition) is 2. The maximum absolute atomic E-state index is 11.1. The molecule has 88 valence electrons. The molecule has 1 heterocycles. The Morgan fingerprint density at radius 3 is 2.35 bits per heavy atom. The van der Waals surface area contributed by atoms with Gasteiger partial charge in [0, 0.05) is 16.9 Å². The first-order valence-electron chi connectivity index (χ1n) is 5.20. The van der Waals surface area contributed by atoms with Crippen molar-refractivity contribution in [2.24, 2.45) is 0 Å². The van der Waals surface area contributed by atoms with E-state index in [4.69, 9.17) is 11.6 Å². The molecule has 4 nitrogen and oxygen atoms in total. The van der Waals surface area contributed by atoms with Gasteiger partial charge in [-0.05, 0) is 30.5 Å². The third kappa shape index (κ3) is 3.07. The van der Waals surface area contributed by atoms with Crippen molar-refractivity contribution in [3.63, 3.8) is 0 Å². The summed E-state index contributed by atoms with van der Waals surface area (Å²) < 4.78 is 0. The van der Waals surface area contributed by atoms with Gasteiger partial charge in [-0.15, -0.1) is 0 Å². The van der Waals surface area contributed by atoms with Crippen LogP contribution in [0.15, 0.2) is 40.1 Å². The van der Waals surface area contributed by atoms with Gasteiger partial charge < -0.3 is 9.97 Å². The van der Waals surface area contributed by atoms with E-state index in [-0.39, 0.29) is 0 Å². The molecule has 0 aliphatic heterocycles. The van der Waals surface area contributed by atoms with Crippen LogP contribution in [-0.2, 0) is 12.8 Å². The van der Waals surface area contributed by atoms with Crippen LogP contribution in [0.5, 0.6) is 0 Å². The summed E-state index contributed by atoms with van der Waals surface area (Å²) in [4.78, 5) is 26.9. The molecule has 2 rings (SSSR count). The second-order valence-electron chi connectivity index (χ2n) is 3.72. The maximum atomic E-state index is 11.1. The smallest absolute Gasteiger partial charge is 0.313 e. The van der Waals surface area contributed by atoms with E-state index in [1.54, 1.807) is 0 Å². The Bertz CT molecular complexity index is 613. The molecule has 1 aromatic carbocycles. The predicted molar refractivity (Wildman–Crippen MR) is 66.5 cm³/mol. The zero-order valence-corrected chi connectivity index (χ0v) is 9.75. The van der Waals surface area contributed by atoms with Gasteiger partial charge in [0.05, 0.1) is 0 Å². The van der Waals surface area contributed by atoms with Crippen LogP contribution in [0.4, 0.5) is 0 Å². The fourth-order valence-electron chi connectivity index (χ4n) is 1.52. The molecule has 0 radical (unpaired) electrons. The van der Waals surface area contributed by atoms with Crippen LogP contribution in [0, 0.1) is 0 Å². The zero-order valence-electron chi connectivity index (χ0n) is 9.00. The largest absolute Gasteiger partial charge is 0.323 e. The van der Waals surface area contributed by atoms with Crippen molar-refractivity contribution in [1.82, 2.24) is 9.97 Å². The Kier molecular flexibility index (Phi) is 3.44. The Hall–Kier alpha value is -1.81. The highest BCUT2D eigenvalue weighted by Gasteiger charge is 1.99. The standard InChI is InChI=1S/C12H11ClN2O2/c13-9-4-1-8(2-5-9)3-6-10-7-14-11(16)12(17)15-10/h1-2,4-5,7H,3,6H2,(H,14,16)(H,15,17). The molecular formula is C12H11ClN2O2. The van der Waals surface area contributed by atoms with Gasteiger partial charge in [0.25, 0.3) is 0 Å². The minimum absolute atomic E-state index is 0.612. The van der Waals surface area contributed by atoms with Gasteiger partial charge >= 0.3 is 11.1 Å². The summed E-state index contributed by atoms with van der Waals surface area (Å²) in [6.45, 7) is 0. The highest BCUT2D eigenvalue weighted by molar-refractivity contribution is 6.30. The fourth-order valence-corrected chi connectivity index (χ4v) is 1.65. The van der Waals surface area contributed by atoms with Crippen LogP contribution in [0.3, 0.4) is 0 Å². The first-order valence-corrected chi connectivity index (χ1v) is 5.58. The molecule has 2 aromatic rings. The molecule has 0 aliphatic carbocycles. The normalized spacial score (nSPS) is 10.4. The summed E-state index contributed by atoms with van der Waals surface area (Å²) in [5.41, 5.74) is 0.602. The molecule has 0 unspecified atom stereocenters. The summed E-state index contributed by atoms with van der Waals surface area (Å²) in [6.07, 6.45) is 2.96. The van der Waals surface area contributed by atoms with Crippen molar-refractivity contribution in [2.75, 3.05) is 0 Å². The summed E-state index contributed by atoms with van der Waals surface area (Å²) in [5.74, 6) is 0. The first kappa shape index (κ1) is 11.7. The highest BCUT2D eigenvalue weighted by atomic mass is 35.5. The van der Waals surface area contributed by atoms with Crippen LogP contribution in [0.1, 0.15) is 11.3 Å². The van der Waals surface area contributed by atoms with E-state index in [0.717, 1.165) is 12.0 Å². The second-order valence-corrected chi connectivity index (χ2v) is 4.16. The molecule has 5 heteroatoms. The first-order chi connectivity index (χ1) is 8.15. The van der Waals surface area contributed by atoms with Gasteiger partial charge in [-0.2, -0.15) is 0 Å². The van der Waals surface area contributed by atoms with E-state index < -0.39 is 11.1 Å². The van der Waals surface area contributed by atoms with Crippen molar-refractivity contribution in [2.45, 2.75) is 12.8 Å². The average Bonchev–Trinajstić information content (AvgIpc) is 2.33. The van der Waals surface area contributed by atoms with Crippen molar-refractivity contribution < 1.29 is 0 Å². The quantitative estimate of drug-likeness (QED) is 0.811. The van der Waals surface area contributed by atoms with Gasteiger partial charge in [-0.1, -0.05) is 23.7 Å². The molecular weight excluding hydrogens is 240 g/mol. The van der Waals surface area contributed by atoms with Crippen LogP contribution < -0.4 is 11.1 Å². The van der Waals surface area contributed by atoms with E-state index in [1.807, 2.05) is 24.3 Å². The molecule has 0 atom stereocenters. The molecule has 0 spiro atoms. The van der Waals surface area contributed by atoms with E-state index in [1.165, 1.54) is 6.20 Å². The van der Waals surface area contributed by atoms with Gasteiger partial charge in [-0.25, -0.2) is 0 Å². The maximum Gasteiger partial charge on any atom is 0.313 e. The third-order valence-electron chi connectivity index (χ3n) is 2.45. The predicted octanol–water partition coefficient (Wildman–Crippen LogP) is 1.50. The summed E-state index contributed by atoms with van der Waals surface area (Å²) in [7, 11) is 0. The van der Waals surface area contributed by atoms with Gasteiger partial charge in [-0.3, -0.25) is 9.59 Å². The molecule has 0 bridgehead atoms. The lowest BCUT2D eigenvalue weighted by Crippen LogP contribution is -2.29. The van der Waals surface area contributed by atoms with Crippen LogP contribution in [0.2, 0.25) is 5.02 Å². The summed E-state index contributed by atoms with van der Waals surface area (Å²) in [6, 6.07) is 7.53.